The van der Waals surface area contributed by atoms with Gasteiger partial charge in [0.1, 0.15) is 5.82 Å². The maximum Gasteiger partial charge on any atom is 0.123 e. The monoisotopic (exact) mass is 214 g/mol. The number of hydrogen-bond acceptors (Lipinski definition) is 1. The Morgan fingerprint density at radius 2 is 2.29 bits per heavy atom. The second kappa shape index (κ2) is 3.21. The average molecular weight is 215 g/mol. The molecule has 1 nitrogen and oxygen atoms in total. The molecule has 76 valence electrons. The molecule has 1 aromatic carbocycles. The summed E-state index contributed by atoms with van der Waals surface area (Å²) >= 11 is 5.93. The van der Waals surface area contributed by atoms with Gasteiger partial charge in [-0.25, -0.2) is 4.39 Å². The number of rotatable bonds is 1. The number of halogens is 2. The zero-order valence-corrected chi connectivity index (χ0v) is 8.68. The fraction of sp³-hybridized carbons (Fsp3) is 0.455. The van der Waals surface area contributed by atoms with E-state index in [4.69, 9.17) is 11.6 Å². The van der Waals surface area contributed by atoms with Gasteiger partial charge in [-0.05, 0) is 37.0 Å². The lowest BCUT2D eigenvalue weighted by Gasteiger charge is -2.44. The molecule has 1 saturated carbocycles. The first-order valence-electron chi connectivity index (χ1n) is 4.72. The molecule has 0 aliphatic heterocycles. The summed E-state index contributed by atoms with van der Waals surface area (Å²) in [6.07, 6.45) is 1.63. The van der Waals surface area contributed by atoms with Crippen LogP contribution in [0.5, 0.6) is 0 Å². The Bertz CT molecular complexity index is 366. The van der Waals surface area contributed by atoms with E-state index in [1.165, 1.54) is 18.2 Å². The lowest BCUT2D eigenvalue weighted by atomic mass is 9.67. The predicted octanol–water partition coefficient (Wildman–Crippen LogP) is 3.10. The van der Waals surface area contributed by atoms with Crippen molar-refractivity contribution in [2.24, 2.45) is 5.92 Å². The van der Waals surface area contributed by atoms with Crippen LogP contribution in [0.2, 0.25) is 5.02 Å². The molecule has 1 fully saturated rings. The van der Waals surface area contributed by atoms with Crippen LogP contribution in [0.15, 0.2) is 18.2 Å². The van der Waals surface area contributed by atoms with Gasteiger partial charge in [0, 0.05) is 10.6 Å². The number of aliphatic hydroxyl groups is 1. The molecular formula is C11H12ClFO. The van der Waals surface area contributed by atoms with Crippen LogP contribution >= 0.6 is 11.6 Å². The van der Waals surface area contributed by atoms with E-state index in [0.717, 1.165) is 6.42 Å². The summed E-state index contributed by atoms with van der Waals surface area (Å²) in [5, 5.41) is 10.6. The lowest BCUT2D eigenvalue weighted by Crippen LogP contribution is -2.42. The molecule has 0 spiro atoms. The third-order valence-corrected chi connectivity index (χ3v) is 3.50. The van der Waals surface area contributed by atoms with Crippen molar-refractivity contribution in [2.75, 3.05) is 0 Å². The van der Waals surface area contributed by atoms with Crippen LogP contribution in [0.25, 0.3) is 0 Å². The zero-order chi connectivity index (χ0) is 10.3. The van der Waals surface area contributed by atoms with Crippen LogP contribution < -0.4 is 0 Å². The third-order valence-electron chi connectivity index (χ3n) is 3.17. The van der Waals surface area contributed by atoms with Crippen LogP contribution in [0.4, 0.5) is 4.39 Å². The Balaban J connectivity index is 2.45. The van der Waals surface area contributed by atoms with E-state index in [0.29, 0.717) is 17.0 Å². The van der Waals surface area contributed by atoms with Crippen molar-refractivity contribution in [2.45, 2.75) is 25.4 Å². The first-order chi connectivity index (χ1) is 6.54. The molecule has 0 bridgehead atoms. The zero-order valence-electron chi connectivity index (χ0n) is 7.93. The Hall–Kier alpha value is -0.600. The standard InChI is InChI=1S/C11H12ClFO/c1-7-4-5-11(7,14)9-6-8(13)2-3-10(9)12/h2-3,6-7,14H,4-5H2,1H3. The van der Waals surface area contributed by atoms with Gasteiger partial charge in [0.25, 0.3) is 0 Å². The second-order valence-corrected chi connectivity index (χ2v) is 4.40. The van der Waals surface area contributed by atoms with E-state index in [2.05, 4.69) is 0 Å². The summed E-state index contributed by atoms with van der Waals surface area (Å²) in [5.41, 5.74) is -0.392. The maximum atomic E-state index is 13.0. The van der Waals surface area contributed by atoms with Crippen molar-refractivity contribution >= 4 is 11.6 Å². The minimum atomic E-state index is -0.917. The van der Waals surface area contributed by atoms with Crippen LogP contribution in [-0.4, -0.2) is 5.11 Å². The smallest absolute Gasteiger partial charge is 0.123 e. The number of hydrogen-bond donors (Lipinski definition) is 1. The van der Waals surface area contributed by atoms with Crippen LogP contribution in [0, 0.1) is 11.7 Å². The largest absolute Gasteiger partial charge is 0.385 e. The van der Waals surface area contributed by atoms with Gasteiger partial charge in [-0.2, -0.15) is 0 Å². The summed E-state index contributed by atoms with van der Waals surface area (Å²) in [7, 11) is 0. The topological polar surface area (TPSA) is 20.2 Å². The summed E-state index contributed by atoms with van der Waals surface area (Å²) in [6, 6.07) is 4.13. The molecule has 0 heterocycles. The van der Waals surface area contributed by atoms with Crippen molar-refractivity contribution < 1.29 is 9.50 Å². The molecule has 0 amide bonds. The van der Waals surface area contributed by atoms with E-state index < -0.39 is 5.60 Å². The lowest BCUT2D eigenvalue weighted by molar-refractivity contribution is -0.0931. The summed E-state index contributed by atoms with van der Waals surface area (Å²) in [5.74, 6) is -0.196. The van der Waals surface area contributed by atoms with Gasteiger partial charge < -0.3 is 5.11 Å². The van der Waals surface area contributed by atoms with E-state index in [1.807, 2.05) is 6.92 Å². The van der Waals surface area contributed by atoms with Crippen molar-refractivity contribution in [1.29, 1.82) is 0 Å². The van der Waals surface area contributed by atoms with Crippen molar-refractivity contribution in [3.63, 3.8) is 0 Å². The average Bonchev–Trinajstić information content (AvgIpc) is 2.18. The van der Waals surface area contributed by atoms with Gasteiger partial charge in [0.05, 0.1) is 5.60 Å². The van der Waals surface area contributed by atoms with E-state index in [1.54, 1.807) is 0 Å². The van der Waals surface area contributed by atoms with Crippen LogP contribution in [0.3, 0.4) is 0 Å². The molecule has 0 aromatic heterocycles. The molecule has 14 heavy (non-hydrogen) atoms. The highest BCUT2D eigenvalue weighted by Gasteiger charge is 2.44. The van der Waals surface area contributed by atoms with Crippen molar-refractivity contribution in [1.82, 2.24) is 0 Å². The SMILES string of the molecule is CC1CCC1(O)c1cc(F)ccc1Cl. The Kier molecular flexibility index (Phi) is 2.28. The molecular weight excluding hydrogens is 203 g/mol. The quantitative estimate of drug-likeness (QED) is 0.762. The van der Waals surface area contributed by atoms with Gasteiger partial charge in [-0.3, -0.25) is 0 Å². The molecule has 2 atom stereocenters. The second-order valence-electron chi connectivity index (χ2n) is 3.99. The van der Waals surface area contributed by atoms with Gasteiger partial charge >= 0.3 is 0 Å². The Morgan fingerprint density at radius 1 is 1.57 bits per heavy atom. The summed E-state index contributed by atoms with van der Waals surface area (Å²) in [4.78, 5) is 0. The third kappa shape index (κ3) is 1.33. The van der Waals surface area contributed by atoms with E-state index >= 15 is 0 Å². The first kappa shape index (κ1) is 9.94. The Morgan fingerprint density at radius 3 is 2.79 bits per heavy atom. The molecule has 2 unspecified atom stereocenters. The predicted molar refractivity (Wildman–Crippen MR) is 53.7 cm³/mol. The van der Waals surface area contributed by atoms with Crippen molar-refractivity contribution in [3.05, 3.63) is 34.6 Å². The molecule has 1 N–H and O–H groups in total. The molecule has 0 saturated heterocycles. The summed E-state index contributed by atoms with van der Waals surface area (Å²) < 4.78 is 13.0. The maximum absolute atomic E-state index is 13.0. The minimum Gasteiger partial charge on any atom is -0.385 e. The van der Waals surface area contributed by atoms with Gasteiger partial charge in [0.2, 0.25) is 0 Å². The minimum absolute atomic E-state index is 0.154. The fourth-order valence-electron chi connectivity index (χ4n) is 1.94. The van der Waals surface area contributed by atoms with Gasteiger partial charge in [0.15, 0.2) is 0 Å². The molecule has 2 rings (SSSR count). The fourth-order valence-corrected chi connectivity index (χ4v) is 2.22. The molecule has 0 radical (unpaired) electrons. The van der Waals surface area contributed by atoms with Crippen molar-refractivity contribution in [3.8, 4) is 0 Å². The highest BCUT2D eigenvalue weighted by atomic mass is 35.5. The molecule has 1 aromatic rings. The molecule has 3 heteroatoms. The highest BCUT2D eigenvalue weighted by Crippen LogP contribution is 2.48. The molecule has 1 aliphatic carbocycles. The van der Waals surface area contributed by atoms with Crippen LogP contribution in [-0.2, 0) is 5.60 Å². The number of benzene rings is 1. The van der Waals surface area contributed by atoms with E-state index in [-0.39, 0.29) is 11.7 Å². The first-order valence-corrected chi connectivity index (χ1v) is 5.10. The Labute approximate surface area is 87.5 Å². The van der Waals surface area contributed by atoms with Gasteiger partial charge in [-0.15, -0.1) is 0 Å². The molecule has 1 aliphatic rings. The van der Waals surface area contributed by atoms with Gasteiger partial charge in [-0.1, -0.05) is 18.5 Å². The van der Waals surface area contributed by atoms with E-state index in [9.17, 15) is 9.50 Å². The highest BCUT2D eigenvalue weighted by molar-refractivity contribution is 6.31. The normalized spacial score (nSPS) is 31.3. The van der Waals surface area contributed by atoms with Crippen LogP contribution in [0.1, 0.15) is 25.3 Å². The summed E-state index contributed by atoms with van der Waals surface area (Å²) in [6.45, 7) is 1.95.